The number of benzene rings is 3. The molecule has 0 fully saturated rings. The number of hydrogen-bond donors (Lipinski definition) is 0. The Kier molecular flexibility index (Phi) is 3.24. The van der Waals surface area contributed by atoms with Gasteiger partial charge in [-0.2, -0.15) is 0 Å². The number of hydrogen-bond acceptors (Lipinski definition) is 1. The zero-order chi connectivity index (χ0) is 14.8. The van der Waals surface area contributed by atoms with Crippen molar-refractivity contribution in [2.24, 2.45) is 0 Å². The summed E-state index contributed by atoms with van der Waals surface area (Å²) in [6, 6.07) is 27.7. The fourth-order valence-corrected chi connectivity index (χ4v) is 3.07. The van der Waals surface area contributed by atoms with Crippen molar-refractivity contribution < 1.29 is 0 Å². The van der Waals surface area contributed by atoms with E-state index in [2.05, 4.69) is 95.9 Å². The molecule has 1 nitrogen and oxygen atoms in total. The lowest BCUT2D eigenvalue weighted by Gasteiger charge is -2.27. The molecule has 0 aliphatic heterocycles. The van der Waals surface area contributed by atoms with Gasteiger partial charge in [0, 0.05) is 11.4 Å². The molecule has 0 bridgehead atoms. The zero-order valence-electron chi connectivity index (χ0n) is 12.3. The van der Waals surface area contributed by atoms with Crippen LogP contribution in [0, 0.1) is 0 Å². The first kappa shape index (κ1) is 12.9. The average molecular weight is 283 g/mol. The van der Waals surface area contributed by atoms with Gasteiger partial charge in [-0.05, 0) is 47.9 Å². The van der Waals surface area contributed by atoms with Crippen LogP contribution in [0.15, 0.2) is 84.9 Å². The van der Waals surface area contributed by atoms with Crippen molar-refractivity contribution in [2.75, 3.05) is 4.90 Å². The van der Waals surface area contributed by atoms with Gasteiger partial charge in [0.1, 0.15) is 0 Å². The molecule has 0 spiro atoms. The maximum Gasteiger partial charge on any atom is 0.0502 e. The van der Waals surface area contributed by atoms with E-state index in [0.29, 0.717) is 0 Å². The number of anilines is 3. The second kappa shape index (κ2) is 5.53. The molecular weight excluding hydrogens is 266 g/mol. The number of rotatable bonds is 3. The lowest BCUT2D eigenvalue weighted by Crippen LogP contribution is -2.11. The SMILES string of the molecule is C1=Cc2cccc(N(c3ccccc3)c3ccccc3)c2C1. The van der Waals surface area contributed by atoms with Crippen LogP contribution in [0.3, 0.4) is 0 Å². The quantitative estimate of drug-likeness (QED) is 0.593. The summed E-state index contributed by atoms with van der Waals surface area (Å²) in [7, 11) is 0. The highest BCUT2D eigenvalue weighted by Gasteiger charge is 2.18. The normalized spacial score (nSPS) is 12.2. The van der Waals surface area contributed by atoms with Gasteiger partial charge in [0.15, 0.2) is 0 Å². The van der Waals surface area contributed by atoms with E-state index < -0.39 is 0 Å². The highest BCUT2D eigenvalue weighted by atomic mass is 15.1. The predicted octanol–water partition coefficient (Wildman–Crippen LogP) is 5.73. The number of nitrogens with zero attached hydrogens (tertiary/aromatic N) is 1. The molecule has 22 heavy (non-hydrogen) atoms. The maximum atomic E-state index is 2.34. The van der Waals surface area contributed by atoms with Crippen LogP contribution in [0.4, 0.5) is 17.1 Å². The van der Waals surface area contributed by atoms with Gasteiger partial charge < -0.3 is 4.90 Å². The van der Waals surface area contributed by atoms with Crippen LogP contribution in [-0.2, 0) is 6.42 Å². The molecule has 106 valence electrons. The molecule has 0 heterocycles. The van der Waals surface area contributed by atoms with E-state index in [-0.39, 0.29) is 0 Å². The van der Waals surface area contributed by atoms with Crippen molar-refractivity contribution in [1.82, 2.24) is 0 Å². The van der Waals surface area contributed by atoms with Gasteiger partial charge in [-0.1, -0.05) is 60.7 Å². The van der Waals surface area contributed by atoms with Gasteiger partial charge in [0.25, 0.3) is 0 Å². The summed E-state index contributed by atoms with van der Waals surface area (Å²) in [5, 5.41) is 0. The molecule has 1 heteroatoms. The summed E-state index contributed by atoms with van der Waals surface area (Å²) >= 11 is 0. The number of para-hydroxylation sites is 2. The highest BCUT2D eigenvalue weighted by Crippen LogP contribution is 2.39. The Balaban J connectivity index is 1.91. The average Bonchev–Trinajstić information content (AvgIpc) is 3.07. The van der Waals surface area contributed by atoms with Crippen LogP contribution in [0.5, 0.6) is 0 Å². The molecule has 0 saturated heterocycles. The van der Waals surface area contributed by atoms with Gasteiger partial charge in [0.05, 0.1) is 5.69 Å². The first-order chi connectivity index (χ1) is 10.9. The Bertz CT molecular complexity index is 764. The van der Waals surface area contributed by atoms with E-state index in [4.69, 9.17) is 0 Å². The predicted molar refractivity (Wildman–Crippen MR) is 93.9 cm³/mol. The molecule has 0 atom stereocenters. The summed E-state index contributed by atoms with van der Waals surface area (Å²) in [4.78, 5) is 2.34. The molecule has 0 saturated carbocycles. The molecule has 1 aliphatic carbocycles. The molecule has 0 unspecified atom stereocenters. The van der Waals surface area contributed by atoms with Crippen LogP contribution in [0.1, 0.15) is 11.1 Å². The Hall–Kier alpha value is -2.80. The molecule has 1 aliphatic rings. The standard InChI is InChI=1S/C21H17N/c1-3-11-18(12-4-1)22(19-13-5-2-6-14-19)21-16-8-10-17-9-7-15-20(17)21/h1-14,16H,15H2. The van der Waals surface area contributed by atoms with Gasteiger partial charge in [-0.15, -0.1) is 0 Å². The van der Waals surface area contributed by atoms with Gasteiger partial charge in [0.2, 0.25) is 0 Å². The molecule has 3 aromatic rings. The Morgan fingerprint density at radius 3 is 1.91 bits per heavy atom. The minimum Gasteiger partial charge on any atom is -0.310 e. The second-order valence-corrected chi connectivity index (χ2v) is 5.46. The number of fused-ring (bicyclic) bond motifs is 1. The molecule has 0 amide bonds. The van der Waals surface area contributed by atoms with E-state index in [9.17, 15) is 0 Å². The fraction of sp³-hybridized carbons (Fsp3) is 0.0476. The molecule has 0 radical (unpaired) electrons. The summed E-state index contributed by atoms with van der Waals surface area (Å²) in [5.41, 5.74) is 6.37. The van der Waals surface area contributed by atoms with Crippen LogP contribution < -0.4 is 4.90 Å². The first-order valence-electron chi connectivity index (χ1n) is 7.62. The van der Waals surface area contributed by atoms with E-state index >= 15 is 0 Å². The van der Waals surface area contributed by atoms with E-state index in [1.807, 2.05) is 0 Å². The summed E-state index contributed by atoms with van der Waals surface area (Å²) in [5.74, 6) is 0. The van der Waals surface area contributed by atoms with Crippen molar-refractivity contribution in [3.8, 4) is 0 Å². The lowest BCUT2D eigenvalue weighted by atomic mass is 10.1. The first-order valence-corrected chi connectivity index (χ1v) is 7.62. The molecular formula is C21H17N. The van der Waals surface area contributed by atoms with E-state index in [1.54, 1.807) is 0 Å². The van der Waals surface area contributed by atoms with E-state index in [1.165, 1.54) is 28.2 Å². The molecule has 0 N–H and O–H groups in total. The lowest BCUT2D eigenvalue weighted by molar-refractivity contribution is 1.21. The summed E-state index contributed by atoms with van der Waals surface area (Å²) in [6.07, 6.45) is 5.46. The van der Waals surface area contributed by atoms with Crippen molar-refractivity contribution in [3.05, 3.63) is 96.1 Å². The van der Waals surface area contributed by atoms with Crippen LogP contribution in [0.25, 0.3) is 6.08 Å². The molecule has 4 rings (SSSR count). The Labute approximate surface area is 131 Å². The minimum absolute atomic E-state index is 1.00. The van der Waals surface area contributed by atoms with Crippen molar-refractivity contribution >= 4 is 23.1 Å². The smallest absolute Gasteiger partial charge is 0.0502 e. The van der Waals surface area contributed by atoms with Gasteiger partial charge >= 0.3 is 0 Å². The Morgan fingerprint density at radius 1 is 0.636 bits per heavy atom. The van der Waals surface area contributed by atoms with E-state index in [0.717, 1.165) is 6.42 Å². The second-order valence-electron chi connectivity index (χ2n) is 5.46. The number of allylic oxidation sites excluding steroid dienone is 1. The van der Waals surface area contributed by atoms with Gasteiger partial charge in [-0.3, -0.25) is 0 Å². The third-order valence-electron chi connectivity index (χ3n) is 4.08. The fourth-order valence-electron chi connectivity index (χ4n) is 3.07. The van der Waals surface area contributed by atoms with Crippen molar-refractivity contribution in [2.45, 2.75) is 6.42 Å². The third-order valence-corrected chi connectivity index (χ3v) is 4.08. The monoisotopic (exact) mass is 283 g/mol. The zero-order valence-corrected chi connectivity index (χ0v) is 12.3. The van der Waals surface area contributed by atoms with Gasteiger partial charge in [-0.25, -0.2) is 0 Å². The van der Waals surface area contributed by atoms with Crippen molar-refractivity contribution in [1.29, 1.82) is 0 Å². The molecule has 3 aromatic carbocycles. The topological polar surface area (TPSA) is 3.24 Å². The highest BCUT2D eigenvalue weighted by molar-refractivity contribution is 5.82. The van der Waals surface area contributed by atoms with Crippen LogP contribution >= 0.6 is 0 Å². The van der Waals surface area contributed by atoms with Crippen LogP contribution in [0.2, 0.25) is 0 Å². The summed E-state index contributed by atoms with van der Waals surface area (Å²) < 4.78 is 0. The minimum atomic E-state index is 1.00. The van der Waals surface area contributed by atoms with Crippen LogP contribution in [-0.4, -0.2) is 0 Å². The third kappa shape index (κ3) is 2.21. The maximum absolute atomic E-state index is 2.34. The summed E-state index contributed by atoms with van der Waals surface area (Å²) in [6.45, 7) is 0. The Morgan fingerprint density at radius 2 is 1.27 bits per heavy atom. The molecule has 0 aromatic heterocycles. The van der Waals surface area contributed by atoms with Crippen molar-refractivity contribution in [3.63, 3.8) is 0 Å². The largest absolute Gasteiger partial charge is 0.310 e.